The minimum absolute atomic E-state index is 0.0623. The molecule has 4 nitrogen and oxygen atoms in total. The molecule has 0 saturated heterocycles. The summed E-state index contributed by atoms with van der Waals surface area (Å²) in [6.07, 6.45) is 6.55. The third kappa shape index (κ3) is 5.96. The third-order valence-corrected chi connectivity index (χ3v) is 4.73. The number of hydrogen-bond acceptors (Lipinski definition) is 4. The second kappa shape index (κ2) is 10.6. The summed E-state index contributed by atoms with van der Waals surface area (Å²) in [6.45, 7) is 7.89. The summed E-state index contributed by atoms with van der Waals surface area (Å²) in [4.78, 5) is 12.5. The molecule has 0 aliphatic carbocycles. The van der Waals surface area contributed by atoms with E-state index < -0.39 is 5.97 Å². The minimum atomic E-state index is -0.639. The Bertz CT molecular complexity index is 939. The zero-order valence-corrected chi connectivity index (χ0v) is 18.2. The number of phenolic OH excluding ortho intramolecular Hbond substituents is 1. The summed E-state index contributed by atoms with van der Waals surface area (Å²) in [5, 5.41) is 11.0. The van der Waals surface area contributed by atoms with Gasteiger partial charge in [0.25, 0.3) is 0 Å². The van der Waals surface area contributed by atoms with Crippen molar-refractivity contribution in [3.05, 3.63) is 70.1 Å². The number of allylic oxidation sites excluding steroid dienone is 2. The molecule has 2 aromatic carbocycles. The normalized spacial score (nSPS) is 11.9. The van der Waals surface area contributed by atoms with Crippen molar-refractivity contribution < 1.29 is 23.8 Å². The van der Waals surface area contributed by atoms with Gasteiger partial charge in [-0.2, -0.15) is 0 Å². The number of esters is 1. The second-order valence-electron chi connectivity index (χ2n) is 7.36. The number of rotatable bonds is 8. The molecule has 160 valence electrons. The molecule has 5 heteroatoms. The average Bonchev–Trinajstić information content (AvgIpc) is 2.72. The molecule has 2 aromatic rings. The van der Waals surface area contributed by atoms with Gasteiger partial charge in [0.1, 0.15) is 22.9 Å². The van der Waals surface area contributed by atoms with Crippen molar-refractivity contribution in [2.75, 3.05) is 7.11 Å². The maximum atomic E-state index is 13.2. The molecule has 0 amide bonds. The molecule has 0 heterocycles. The van der Waals surface area contributed by atoms with Crippen LogP contribution in [0.4, 0.5) is 4.39 Å². The quantitative estimate of drug-likeness (QED) is 0.320. The lowest BCUT2D eigenvalue weighted by atomic mass is 9.97. The molecular weight excluding hydrogens is 383 g/mol. The zero-order chi connectivity index (χ0) is 22.3. The molecule has 0 saturated carbocycles. The molecule has 0 fully saturated rings. The van der Waals surface area contributed by atoms with Gasteiger partial charge in [-0.15, -0.1) is 0 Å². The Balaban J connectivity index is 2.64. The van der Waals surface area contributed by atoms with E-state index in [1.165, 1.54) is 19.2 Å². The number of carbonyl (C=O) groups excluding carboxylic acids is 1. The Morgan fingerprint density at radius 1 is 1.20 bits per heavy atom. The van der Waals surface area contributed by atoms with E-state index in [2.05, 4.69) is 0 Å². The van der Waals surface area contributed by atoms with E-state index in [0.29, 0.717) is 23.3 Å². The highest BCUT2D eigenvalue weighted by atomic mass is 19.1. The fourth-order valence-electron chi connectivity index (χ4n) is 2.82. The SMILES string of the molecule is CCC(C)Oc1cc(C=Cc2ccc(F)cc2)c(C(=O)OC)c(O)c1CC=C(C)C. The molecule has 0 aliphatic heterocycles. The van der Waals surface area contributed by atoms with Crippen LogP contribution < -0.4 is 4.74 Å². The zero-order valence-electron chi connectivity index (χ0n) is 18.2. The summed E-state index contributed by atoms with van der Waals surface area (Å²) in [5.74, 6) is -0.600. The fraction of sp³-hybridized carbons (Fsp3) is 0.320. The van der Waals surface area contributed by atoms with Gasteiger partial charge in [0, 0.05) is 5.56 Å². The Morgan fingerprint density at radius 2 is 1.87 bits per heavy atom. The van der Waals surface area contributed by atoms with Gasteiger partial charge in [0.2, 0.25) is 0 Å². The van der Waals surface area contributed by atoms with Crippen molar-refractivity contribution in [2.24, 2.45) is 0 Å². The summed E-state index contributed by atoms with van der Waals surface area (Å²) in [7, 11) is 1.27. The smallest absolute Gasteiger partial charge is 0.342 e. The molecule has 1 N–H and O–H groups in total. The van der Waals surface area contributed by atoms with Crippen molar-refractivity contribution >= 4 is 18.1 Å². The summed E-state index contributed by atoms with van der Waals surface area (Å²) >= 11 is 0. The number of methoxy groups -OCH3 is 1. The van der Waals surface area contributed by atoms with Crippen molar-refractivity contribution in [3.63, 3.8) is 0 Å². The van der Waals surface area contributed by atoms with Gasteiger partial charge in [-0.3, -0.25) is 0 Å². The topological polar surface area (TPSA) is 55.8 Å². The van der Waals surface area contributed by atoms with Gasteiger partial charge in [-0.25, -0.2) is 9.18 Å². The van der Waals surface area contributed by atoms with Crippen LogP contribution in [-0.4, -0.2) is 24.3 Å². The van der Waals surface area contributed by atoms with Crippen molar-refractivity contribution in [2.45, 2.75) is 46.6 Å². The first-order chi connectivity index (χ1) is 14.3. The molecule has 0 aliphatic rings. The largest absolute Gasteiger partial charge is 0.507 e. The molecule has 0 spiro atoms. The van der Waals surface area contributed by atoms with Crippen molar-refractivity contribution in [1.29, 1.82) is 0 Å². The van der Waals surface area contributed by atoms with E-state index in [-0.39, 0.29) is 23.2 Å². The molecule has 1 atom stereocenters. The lowest BCUT2D eigenvalue weighted by Crippen LogP contribution is -2.13. The van der Waals surface area contributed by atoms with E-state index >= 15 is 0 Å². The number of benzene rings is 2. The van der Waals surface area contributed by atoms with E-state index in [0.717, 1.165) is 17.6 Å². The lowest BCUT2D eigenvalue weighted by molar-refractivity contribution is 0.0597. The summed E-state index contributed by atoms with van der Waals surface area (Å²) in [6, 6.07) is 7.72. The Labute approximate surface area is 177 Å². The van der Waals surface area contributed by atoms with Gasteiger partial charge in [0.05, 0.1) is 13.2 Å². The molecule has 1 unspecified atom stereocenters. The summed E-state index contributed by atoms with van der Waals surface area (Å²) < 4.78 is 24.1. The molecular formula is C25H29FO4. The van der Waals surface area contributed by atoms with Gasteiger partial charge in [-0.05, 0) is 62.9 Å². The Morgan fingerprint density at radius 3 is 2.43 bits per heavy atom. The maximum absolute atomic E-state index is 13.2. The van der Waals surface area contributed by atoms with Crippen LogP contribution in [0.15, 0.2) is 42.0 Å². The van der Waals surface area contributed by atoms with Crippen molar-refractivity contribution in [3.8, 4) is 11.5 Å². The molecule has 0 bridgehead atoms. The van der Waals surface area contributed by atoms with E-state index in [9.17, 15) is 14.3 Å². The number of aromatic hydroxyl groups is 1. The van der Waals surface area contributed by atoms with Crippen molar-refractivity contribution in [1.82, 2.24) is 0 Å². The maximum Gasteiger partial charge on any atom is 0.342 e. The van der Waals surface area contributed by atoms with Crippen LogP contribution in [-0.2, 0) is 11.2 Å². The number of phenols is 1. The van der Waals surface area contributed by atoms with Gasteiger partial charge < -0.3 is 14.6 Å². The number of halogens is 1. The fourth-order valence-corrected chi connectivity index (χ4v) is 2.82. The second-order valence-corrected chi connectivity index (χ2v) is 7.36. The number of ether oxygens (including phenoxy) is 2. The van der Waals surface area contributed by atoms with Crippen LogP contribution in [0.3, 0.4) is 0 Å². The first kappa shape index (κ1) is 23.2. The molecule has 0 radical (unpaired) electrons. The summed E-state index contributed by atoms with van der Waals surface area (Å²) in [5.41, 5.74) is 2.91. The molecule has 0 aromatic heterocycles. The molecule has 30 heavy (non-hydrogen) atoms. The predicted octanol–water partition coefficient (Wildman–Crippen LogP) is 6.17. The standard InChI is InChI=1S/C25H29FO4/c1-6-17(4)30-22-15-19(11-8-18-9-12-20(26)13-10-18)23(25(28)29-5)24(27)21(22)14-7-16(2)3/h7-13,15,17,27H,6,14H2,1-5H3. The van der Waals surface area contributed by atoms with Crippen LogP contribution in [0.2, 0.25) is 0 Å². The number of carbonyl (C=O) groups is 1. The highest BCUT2D eigenvalue weighted by Gasteiger charge is 2.23. The van der Waals surface area contributed by atoms with Crippen LogP contribution in [0, 0.1) is 5.82 Å². The average molecular weight is 413 g/mol. The first-order valence-electron chi connectivity index (χ1n) is 9.97. The minimum Gasteiger partial charge on any atom is -0.507 e. The highest BCUT2D eigenvalue weighted by molar-refractivity contribution is 5.98. The van der Waals surface area contributed by atoms with E-state index in [1.807, 2.05) is 33.8 Å². The van der Waals surface area contributed by atoms with Crippen LogP contribution in [0.25, 0.3) is 12.2 Å². The third-order valence-electron chi connectivity index (χ3n) is 4.73. The first-order valence-corrected chi connectivity index (χ1v) is 9.97. The Hall–Kier alpha value is -3.08. The van der Waals surface area contributed by atoms with Gasteiger partial charge in [-0.1, -0.05) is 42.9 Å². The monoisotopic (exact) mass is 412 g/mol. The Kier molecular flexibility index (Phi) is 8.22. The van der Waals surface area contributed by atoms with E-state index in [1.54, 1.807) is 30.4 Å². The van der Waals surface area contributed by atoms with E-state index in [4.69, 9.17) is 9.47 Å². The number of hydrogen-bond donors (Lipinski definition) is 1. The predicted molar refractivity (Wildman–Crippen MR) is 118 cm³/mol. The highest BCUT2D eigenvalue weighted by Crippen LogP contribution is 2.37. The van der Waals surface area contributed by atoms with Crippen LogP contribution in [0.5, 0.6) is 11.5 Å². The van der Waals surface area contributed by atoms with Gasteiger partial charge in [0.15, 0.2) is 0 Å². The van der Waals surface area contributed by atoms with Crippen LogP contribution in [0.1, 0.15) is 61.2 Å². The van der Waals surface area contributed by atoms with Gasteiger partial charge >= 0.3 is 5.97 Å². The lowest BCUT2D eigenvalue weighted by Gasteiger charge is -2.20. The van der Waals surface area contributed by atoms with Crippen LogP contribution >= 0.6 is 0 Å². The molecule has 2 rings (SSSR count).